The smallest absolute Gasteiger partial charge is 0.203 e. The van der Waals surface area contributed by atoms with Crippen LogP contribution in [0.2, 0.25) is 0 Å². The van der Waals surface area contributed by atoms with Crippen LogP contribution in [0.4, 0.5) is 0 Å². The van der Waals surface area contributed by atoms with Gasteiger partial charge >= 0.3 is 0 Å². The lowest BCUT2D eigenvalue weighted by molar-refractivity contribution is 0.324. The molecule has 0 fully saturated rings. The lowest BCUT2D eigenvalue weighted by Gasteiger charge is -2.14. The van der Waals surface area contributed by atoms with Gasteiger partial charge in [0.15, 0.2) is 11.5 Å². The van der Waals surface area contributed by atoms with Crippen molar-refractivity contribution in [2.45, 2.75) is 0 Å². The molecule has 0 saturated heterocycles. The molecule has 0 aliphatic rings. The molecule has 4 heteroatoms. The van der Waals surface area contributed by atoms with Gasteiger partial charge in [0.2, 0.25) is 5.75 Å². The Morgan fingerprint density at radius 3 is 2.13 bits per heavy atom. The standard InChI is InChI=1S/C19H18O3S/c1-12(18-11-13-7-5-6-8-17(13)23-18)14-9-15(20-2)19(22-4)16(10-14)21-3/h5-11H,1H2,2-4H3. The van der Waals surface area contributed by atoms with Crippen molar-refractivity contribution in [2.24, 2.45) is 0 Å². The van der Waals surface area contributed by atoms with Gasteiger partial charge < -0.3 is 14.2 Å². The minimum Gasteiger partial charge on any atom is -0.493 e. The highest BCUT2D eigenvalue weighted by atomic mass is 32.1. The summed E-state index contributed by atoms with van der Waals surface area (Å²) in [4.78, 5) is 1.13. The van der Waals surface area contributed by atoms with E-state index < -0.39 is 0 Å². The van der Waals surface area contributed by atoms with Crippen molar-refractivity contribution in [3.8, 4) is 17.2 Å². The summed E-state index contributed by atoms with van der Waals surface area (Å²) in [6.07, 6.45) is 0. The van der Waals surface area contributed by atoms with Crippen LogP contribution in [-0.2, 0) is 0 Å². The topological polar surface area (TPSA) is 27.7 Å². The molecule has 0 N–H and O–H groups in total. The van der Waals surface area contributed by atoms with Gasteiger partial charge in [0.1, 0.15) is 0 Å². The molecular formula is C19H18O3S. The number of benzene rings is 2. The van der Waals surface area contributed by atoms with E-state index in [-0.39, 0.29) is 0 Å². The zero-order valence-electron chi connectivity index (χ0n) is 13.4. The van der Waals surface area contributed by atoms with Gasteiger partial charge in [-0.15, -0.1) is 11.3 Å². The molecule has 2 aromatic carbocycles. The lowest BCUT2D eigenvalue weighted by atomic mass is 10.0. The van der Waals surface area contributed by atoms with Gasteiger partial charge in [0.25, 0.3) is 0 Å². The Balaban J connectivity index is 2.08. The molecule has 0 amide bonds. The number of fused-ring (bicyclic) bond motifs is 1. The Kier molecular flexibility index (Phi) is 4.26. The van der Waals surface area contributed by atoms with Crippen LogP contribution in [0.3, 0.4) is 0 Å². The molecule has 118 valence electrons. The summed E-state index contributed by atoms with van der Waals surface area (Å²) in [6, 6.07) is 14.3. The largest absolute Gasteiger partial charge is 0.493 e. The molecule has 3 rings (SSSR count). The third kappa shape index (κ3) is 2.78. The Morgan fingerprint density at radius 1 is 0.913 bits per heavy atom. The normalized spacial score (nSPS) is 10.6. The minimum absolute atomic E-state index is 0.586. The molecule has 3 nitrogen and oxygen atoms in total. The second kappa shape index (κ2) is 6.34. The summed E-state index contributed by atoms with van der Waals surface area (Å²) in [6.45, 7) is 4.26. The summed E-state index contributed by atoms with van der Waals surface area (Å²) < 4.78 is 17.5. The lowest BCUT2D eigenvalue weighted by Crippen LogP contribution is -1.96. The monoisotopic (exact) mass is 326 g/mol. The minimum atomic E-state index is 0.586. The second-order valence-corrected chi connectivity index (χ2v) is 6.12. The van der Waals surface area contributed by atoms with Crippen molar-refractivity contribution in [2.75, 3.05) is 21.3 Å². The van der Waals surface area contributed by atoms with E-state index in [0.29, 0.717) is 17.2 Å². The fourth-order valence-corrected chi connectivity index (χ4v) is 3.58. The van der Waals surface area contributed by atoms with Gasteiger partial charge in [-0.25, -0.2) is 0 Å². The van der Waals surface area contributed by atoms with E-state index in [2.05, 4.69) is 24.8 Å². The highest BCUT2D eigenvalue weighted by Crippen LogP contribution is 2.42. The van der Waals surface area contributed by atoms with Crippen LogP contribution in [0.5, 0.6) is 17.2 Å². The van der Waals surface area contributed by atoms with Gasteiger partial charge in [-0.2, -0.15) is 0 Å². The van der Waals surface area contributed by atoms with Crippen molar-refractivity contribution in [3.05, 3.63) is 59.5 Å². The van der Waals surface area contributed by atoms with Crippen molar-refractivity contribution in [1.82, 2.24) is 0 Å². The quantitative estimate of drug-likeness (QED) is 0.661. The highest BCUT2D eigenvalue weighted by Gasteiger charge is 2.16. The van der Waals surface area contributed by atoms with Gasteiger partial charge in [-0.05, 0) is 40.8 Å². The molecule has 3 aromatic rings. The van der Waals surface area contributed by atoms with E-state index >= 15 is 0 Å². The fraction of sp³-hybridized carbons (Fsp3) is 0.158. The van der Waals surface area contributed by atoms with E-state index in [0.717, 1.165) is 16.0 Å². The molecule has 1 aromatic heterocycles. The van der Waals surface area contributed by atoms with Crippen LogP contribution in [0.15, 0.2) is 49.0 Å². The molecule has 0 bridgehead atoms. The van der Waals surface area contributed by atoms with Crippen molar-refractivity contribution < 1.29 is 14.2 Å². The maximum atomic E-state index is 5.42. The van der Waals surface area contributed by atoms with Crippen LogP contribution >= 0.6 is 11.3 Å². The second-order valence-electron chi connectivity index (χ2n) is 5.04. The number of rotatable bonds is 5. The molecule has 1 heterocycles. The van der Waals surface area contributed by atoms with E-state index in [1.54, 1.807) is 32.7 Å². The number of methoxy groups -OCH3 is 3. The summed E-state index contributed by atoms with van der Waals surface area (Å²) in [5.41, 5.74) is 1.89. The number of ether oxygens (including phenoxy) is 3. The van der Waals surface area contributed by atoms with Crippen LogP contribution in [0.1, 0.15) is 10.4 Å². The number of hydrogen-bond donors (Lipinski definition) is 0. The van der Waals surface area contributed by atoms with E-state index in [9.17, 15) is 0 Å². The van der Waals surface area contributed by atoms with Crippen LogP contribution in [0.25, 0.3) is 15.7 Å². The van der Waals surface area contributed by atoms with Crippen molar-refractivity contribution >= 4 is 27.0 Å². The number of thiophene rings is 1. The van der Waals surface area contributed by atoms with Gasteiger partial charge in [-0.1, -0.05) is 24.8 Å². The molecular weight excluding hydrogens is 308 g/mol. The Bertz CT molecular complexity index is 806. The van der Waals surface area contributed by atoms with E-state index in [4.69, 9.17) is 14.2 Å². The summed E-state index contributed by atoms with van der Waals surface area (Å²) in [5, 5.41) is 1.22. The first-order valence-electron chi connectivity index (χ1n) is 7.16. The summed E-state index contributed by atoms with van der Waals surface area (Å²) >= 11 is 1.72. The Morgan fingerprint density at radius 2 is 1.57 bits per heavy atom. The van der Waals surface area contributed by atoms with E-state index in [1.165, 1.54) is 10.1 Å². The molecule has 0 aliphatic heterocycles. The third-order valence-corrected chi connectivity index (χ3v) is 4.91. The fourth-order valence-electron chi connectivity index (χ4n) is 2.53. The van der Waals surface area contributed by atoms with Gasteiger partial charge in [-0.3, -0.25) is 0 Å². The molecule has 0 unspecified atom stereocenters. The highest BCUT2D eigenvalue weighted by molar-refractivity contribution is 7.20. The molecule has 23 heavy (non-hydrogen) atoms. The van der Waals surface area contributed by atoms with Crippen molar-refractivity contribution in [3.63, 3.8) is 0 Å². The predicted octanol–water partition coefficient (Wildman–Crippen LogP) is 4.99. The predicted molar refractivity (Wildman–Crippen MR) is 96.1 cm³/mol. The SMILES string of the molecule is C=C(c1cc(OC)c(OC)c(OC)c1)c1cc2ccccc2s1. The first-order chi connectivity index (χ1) is 11.2. The summed E-state index contributed by atoms with van der Waals surface area (Å²) in [7, 11) is 4.83. The third-order valence-electron chi connectivity index (χ3n) is 3.74. The Hall–Kier alpha value is -2.46. The van der Waals surface area contributed by atoms with Gasteiger partial charge in [0, 0.05) is 9.58 Å². The molecule has 0 atom stereocenters. The van der Waals surface area contributed by atoms with Crippen LogP contribution in [-0.4, -0.2) is 21.3 Å². The van der Waals surface area contributed by atoms with Crippen molar-refractivity contribution in [1.29, 1.82) is 0 Å². The zero-order valence-corrected chi connectivity index (χ0v) is 14.2. The Labute approximate surface area is 139 Å². The summed E-state index contributed by atoms with van der Waals surface area (Å²) in [5.74, 6) is 1.84. The zero-order chi connectivity index (χ0) is 16.4. The molecule has 0 radical (unpaired) electrons. The van der Waals surface area contributed by atoms with E-state index in [1.807, 2.05) is 24.3 Å². The first-order valence-corrected chi connectivity index (χ1v) is 7.97. The van der Waals surface area contributed by atoms with Crippen LogP contribution < -0.4 is 14.2 Å². The van der Waals surface area contributed by atoms with Crippen LogP contribution in [0, 0.1) is 0 Å². The molecule has 0 aliphatic carbocycles. The first kappa shape index (κ1) is 15.4. The van der Waals surface area contributed by atoms with Gasteiger partial charge in [0.05, 0.1) is 21.3 Å². The number of hydrogen-bond acceptors (Lipinski definition) is 4. The molecule has 0 saturated carbocycles. The average molecular weight is 326 g/mol. The average Bonchev–Trinajstić information content (AvgIpc) is 3.03. The maximum absolute atomic E-state index is 5.42. The molecule has 0 spiro atoms. The maximum Gasteiger partial charge on any atom is 0.203 e.